The van der Waals surface area contributed by atoms with E-state index in [2.05, 4.69) is 5.32 Å². The van der Waals surface area contributed by atoms with Crippen LogP contribution >= 0.6 is 11.6 Å². The molecule has 10 heteroatoms. The van der Waals surface area contributed by atoms with Gasteiger partial charge < -0.3 is 15.0 Å². The van der Waals surface area contributed by atoms with E-state index in [1.54, 1.807) is 31.2 Å². The van der Waals surface area contributed by atoms with Crippen LogP contribution in [0.1, 0.15) is 49.3 Å². The van der Waals surface area contributed by atoms with Crippen molar-refractivity contribution < 1.29 is 22.7 Å². The monoisotopic (exact) mass is 611 g/mol. The van der Waals surface area contributed by atoms with E-state index >= 15 is 0 Å². The number of aryl methyl sites for hydroxylation is 2. The molecule has 0 spiro atoms. The number of benzene rings is 3. The number of rotatable bonds is 11. The second-order valence-corrected chi connectivity index (χ2v) is 13.1. The molecule has 0 aromatic heterocycles. The third kappa shape index (κ3) is 7.44. The molecule has 1 saturated carbocycles. The molecule has 0 bridgehead atoms. The van der Waals surface area contributed by atoms with Gasteiger partial charge >= 0.3 is 0 Å². The predicted octanol–water partition coefficient (Wildman–Crippen LogP) is 5.64. The molecular formula is C32H38ClN3O5S. The van der Waals surface area contributed by atoms with Gasteiger partial charge in [0.1, 0.15) is 18.3 Å². The normalized spacial score (nSPS) is 14.3. The Balaban J connectivity index is 1.74. The van der Waals surface area contributed by atoms with Crippen LogP contribution in [0.25, 0.3) is 0 Å². The topological polar surface area (TPSA) is 96.0 Å². The highest BCUT2D eigenvalue weighted by Gasteiger charge is 2.34. The van der Waals surface area contributed by atoms with E-state index in [4.69, 9.17) is 16.3 Å². The summed E-state index contributed by atoms with van der Waals surface area (Å²) >= 11 is 6.30. The Hall–Kier alpha value is -3.56. The number of amides is 2. The minimum Gasteiger partial charge on any atom is -0.495 e. The number of nitrogens with zero attached hydrogens (tertiary/aromatic N) is 2. The molecular weight excluding hydrogens is 574 g/mol. The molecule has 1 fully saturated rings. The standard InChI is InChI=1S/C32H38ClN3O5S/c1-22-12-15-28(16-13-22)42(39,40)36(29-19-26(33)14-17-30(29)41-4)21-31(37)35(20-25-9-7-8-23(2)18-25)24(3)32(38)34-27-10-5-6-11-27/h7-9,12-19,24,27H,5-6,10-11,20-21H2,1-4H3,(H,34,38)/t24-/m1/s1. The Kier molecular flexibility index (Phi) is 10.2. The van der Waals surface area contributed by atoms with Gasteiger partial charge in [-0.1, -0.05) is 72.0 Å². The van der Waals surface area contributed by atoms with E-state index < -0.39 is 28.5 Å². The van der Waals surface area contributed by atoms with Crippen molar-refractivity contribution in [1.82, 2.24) is 10.2 Å². The molecule has 0 aliphatic heterocycles. The number of hydrogen-bond acceptors (Lipinski definition) is 5. The Morgan fingerprint density at radius 2 is 1.69 bits per heavy atom. The molecule has 3 aromatic rings. The Morgan fingerprint density at radius 3 is 2.33 bits per heavy atom. The van der Waals surface area contributed by atoms with E-state index in [-0.39, 0.29) is 39.8 Å². The van der Waals surface area contributed by atoms with E-state index in [0.717, 1.165) is 46.7 Å². The summed E-state index contributed by atoms with van der Waals surface area (Å²) in [4.78, 5) is 29.0. The molecule has 0 unspecified atom stereocenters. The van der Waals surface area contributed by atoms with E-state index in [9.17, 15) is 18.0 Å². The van der Waals surface area contributed by atoms with Crippen molar-refractivity contribution in [2.75, 3.05) is 18.0 Å². The van der Waals surface area contributed by atoms with Crippen molar-refractivity contribution in [3.05, 3.63) is 88.4 Å². The first-order valence-electron chi connectivity index (χ1n) is 14.1. The molecule has 1 atom stereocenters. The van der Waals surface area contributed by atoms with Gasteiger partial charge in [0, 0.05) is 17.6 Å². The highest BCUT2D eigenvalue weighted by molar-refractivity contribution is 7.92. The zero-order valence-corrected chi connectivity index (χ0v) is 26.0. The summed E-state index contributed by atoms with van der Waals surface area (Å²) in [6.45, 7) is 5.05. The summed E-state index contributed by atoms with van der Waals surface area (Å²) in [5.74, 6) is -0.570. The minimum atomic E-state index is -4.25. The first kappa shape index (κ1) is 31.4. The molecule has 2 amide bonds. The molecule has 1 N–H and O–H groups in total. The lowest BCUT2D eigenvalue weighted by atomic mass is 10.1. The fourth-order valence-corrected chi connectivity index (χ4v) is 6.77. The van der Waals surface area contributed by atoms with Gasteiger partial charge in [-0.3, -0.25) is 13.9 Å². The molecule has 4 rings (SSSR count). The average Bonchev–Trinajstić information content (AvgIpc) is 3.47. The Morgan fingerprint density at radius 1 is 1.00 bits per heavy atom. The second kappa shape index (κ2) is 13.6. The Labute approximate surface area is 253 Å². The first-order valence-corrected chi connectivity index (χ1v) is 15.9. The summed E-state index contributed by atoms with van der Waals surface area (Å²) in [5, 5.41) is 3.36. The maximum absolute atomic E-state index is 14.2. The van der Waals surface area contributed by atoms with Crippen molar-refractivity contribution in [3.63, 3.8) is 0 Å². The number of sulfonamides is 1. The lowest BCUT2D eigenvalue weighted by Gasteiger charge is -2.33. The van der Waals surface area contributed by atoms with Crippen LogP contribution in [0, 0.1) is 13.8 Å². The minimum absolute atomic E-state index is 0.0141. The van der Waals surface area contributed by atoms with Gasteiger partial charge in [0.15, 0.2) is 0 Å². The third-order valence-corrected chi connectivity index (χ3v) is 9.61. The molecule has 3 aromatic carbocycles. The van der Waals surface area contributed by atoms with Gasteiger partial charge in [0.25, 0.3) is 10.0 Å². The van der Waals surface area contributed by atoms with E-state index in [0.29, 0.717) is 0 Å². The van der Waals surface area contributed by atoms with E-state index in [1.165, 1.54) is 30.2 Å². The third-order valence-electron chi connectivity index (χ3n) is 7.60. The quantitative estimate of drug-likeness (QED) is 0.303. The van der Waals surface area contributed by atoms with Crippen LogP contribution in [0.3, 0.4) is 0 Å². The summed E-state index contributed by atoms with van der Waals surface area (Å²) in [7, 11) is -2.83. The number of methoxy groups -OCH3 is 1. The van der Waals surface area contributed by atoms with Crippen LogP contribution in [0.4, 0.5) is 5.69 Å². The SMILES string of the molecule is COc1ccc(Cl)cc1N(CC(=O)N(Cc1cccc(C)c1)[C@H](C)C(=O)NC1CCCC1)S(=O)(=O)c1ccc(C)cc1. The smallest absolute Gasteiger partial charge is 0.264 e. The highest BCUT2D eigenvalue weighted by atomic mass is 35.5. The molecule has 0 saturated heterocycles. The molecule has 224 valence electrons. The van der Waals surface area contributed by atoms with E-state index in [1.807, 2.05) is 38.1 Å². The number of carbonyl (C=O) groups excluding carboxylic acids is 2. The van der Waals surface area contributed by atoms with Gasteiger partial charge in [-0.2, -0.15) is 0 Å². The lowest BCUT2D eigenvalue weighted by Crippen LogP contribution is -2.52. The Bertz CT molecular complexity index is 1520. The molecule has 1 aliphatic rings. The van der Waals surface area contributed by atoms with Gasteiger partial charge in [0.2, 0.25) is 11.8 Å². The maximum Gasteiger partial charge on any atom is 0.264 e. The fourth-order valence-electron chi connectivity index (χ4n) is 5.19. The van der Waals surface area contributed by atoms with Crippen LogP contribution < -0.4 is 14.4 Å². The molecule has 0 heterocycles. The van der Waals surface area contributed by atoms with Crippen molar-refractivity contribution >= 4 is 39.1 Å². The van der Waals surface area contributed by atoms with Crippen LogP contribution in [0.2, 0.25) is 5.02 Å². The number of anilines is 1. The second-order valence-electron chi connectivity index (χ2n) is 10.8. The highest BCUT2D eigenvalue weighted by Crippen LogP contribution is 2.35. The zero-order chi connectivity index (χ0) is 30.4. The zero-order valence-electron chi connectivity index (χ0n) is 24.5. The number of halogens is 1. The molecule has 42 heavy (non-hydrogen) atoms. The number of ether oxygens (including phenoxy) is 1. The van der Waals surface area contributed by atoms with Crippen molar-refractivity contribution in [2.45, 2.75) is 70.0 Å². The van der Waals surface area contributed by atoms with Crippen LogP contribution in [0.15, 0.2) is 71.6 Å². The summed E-state index contributed by atoms with van der Waals surface area (Å²) in [6, 6.07) is 17.9. The van der Waals surface area contributed by atoms with Crippen LogP contribution in [0.5, 0.6) is 5.75 Å². The maximum atomic E-state index is 14.2. The predicted molar refractivity (Wildman–Crippen MR) is 165 cm³/mol. The molecule has 8 nitrogen and oxygen atoms in total. The van der Waals surface area contributed by atoms with Gasteiger partial charge in [-0.25, -0.2) is 8.42 Å². The van der Waals surface area contributed by atoms with Crippen LogP contribution in [-0.4, -0.2) is 50.9 Å². The molecule has 1 aliphatic carbocycles. The van der Waals surface area contributed by atoms with Crippen molar-refractivity contribution in [2.24, 2.45) is 0 Å². The van der Waals surface area contributed by atoms with Gasteiger partial charge in [-0.15, -0.1) is 0 Å². The van der Waals surface area contributed by atoms with Crippen LogP contribution in [-0.2, 0) is 26.2 Å². The number of nitrogens with one attached hydrogen (secondary N) is 1. The summed E-state index contributed by atoms with van der Waals surface area (Å²) in [5.41, 5.74) is 2.85. The number of hydrogen-bond donors (Lipinski definition) is 1. The number of carbonyl (C=O) groups is 2. The lowest BCUT2D eigenvalue weighted by molar-refractivity contribution is -0.139. The molecule has 0 radical (unpaired) electrons. The van der Waals surface area contributed by atoms with Gasteiger partial charge in [0.05, 0.1) is 17.7 Å². The fraction of sp³-hybridized carbons (Fsp3) is 0.375. The summed E-state index contributed by atoms with van der Waals surface area (Å²) in [6.07, 6.45) is 3.92. The van der Waals surface area contributed by atoms with Crippen molar-refractivity contribution in [1.29, 1.82) is 0 Å². The first-order chi connectivity index (χ1) is 20.0. The average molecular weight is 612 g/mol. The van der Waals surface area contributed by atoms with Gasteiger partial charge in [-0.05, 0) is 69.5 Å². The largest absolute Gasteiger partial charge is 0.495 e. The summed E-state index contributed by atoms with van der Waals surface area (Å²) < 4.78 is 34.7. The van der Waals surface area contributed by atoms with Crippen molar-refractivity contribution in [3.8, 4) is 5.75 Å².